The van der Waals surface area contributed by atoms with Crippen LogP contribution >= 0.6 is 0 Å². The van der Waals surface area contributed by atoms with Gasteiger partial charge in [0, 0.05) is 59.6 Å². The minimum atomic E-state index is -3.41. The molecule has 1 fully saturated rings. The highest BCUT2D eigenvalue weighted by atomic mass is 28.4. The van der Waals surface area contributed by atoms with E-state index in [2.05, 4.69) is 10.3 Å². The number of para-hydroxylation sites is 1. The van der Waals surface area contributed by atoms with Gasteiger partial charge in [-0.1, -0.05) is 54.6 Å². The van der Waals surface area contributed by atoms with Crippen LogP contribution in [0.4, 0.5) is 26.9 Å². The van der Waals surface area contributed by atoms with Gasteiger partial charge in [0.2, 0.25) is 8.41 Å². The van der Waals surface area contributed by atoms with Gasteiger partial charge in [-0.2, -0.15) is 0 Å². The van der Waals surface area contributed by atoms with Crippen molar-refractivity contribution in [3.05, 3.63) is 108 Å². The van der Waals surface area contributed by atoms with Gasteiger partial charge in [0.05, 0.1) is 28.7 Å². The molecule has 0 unspecified atom stereocenters. The summed E-state index contributed by atoms with van der Waals surface area (Å²) < 4.78 is 25.1. The number of aromatic nitrogens is 3. The fourth-order valence-corrected chi connectivity index (χ4v) is 10.9. The molecule has 3 aliphatic rings. The Hall–Kier alpha value is -4.71. The first kappa shape index (κ1) is 30.6. The van der Waals surface area contributed by atoms with Gasteiger partial charge in [-0.15, -0.1) is 5.10 Å². The zero-order chi connectivity index (χ0) is 33.4. The van der Waals surface area contributed by atoms with Gasteiger partial charge >= 0.3 is 0 Å². The Balaban J connectivity index is 1.25. The molecule has 0 aliphatic carbocycles. The molecular weight excluding hydrogens is 626 g/mol. The molecule has 0 radical (unpaired) electrons. The Morgan fingerprint density at radius 2 is 1.71 bits per heavy atom. The summed E-state index contributed by atoms with van der Waals surface area (Å²) in [7, 11) is -3.41. The van der Waals surface area contributed by atoms with Gasteiger partial charge in [-0.05, 0) is 67.4 Å². The number of carbonyl (C=O) groups excluding carboxylic acids is 2. The molecule has 1 spiro atoms. The van der Waals surface area contributed by atoms with Gasteiger partial charge in [0.25, 0.3) is 11.8 Å². The lowest BCUT2D eigenvalue weighted by Crippen LogP contribution is -2.44. The molecular formula is C37H36FN5O4Si. The van der Waals surface area contributed by atoms with E-state index in [4.69, 9.17) is 4.74 Å². The highest BCUT2D eigenvalue weighted by Crippen LogP contribution is 2.62. The standard InChI is InChI=1S/C37H36FN5O4Si/c1-23-34(48(2,3)38)32(17-19-41-22-25(18-20-44)39-40-41)47-37(23)29-21-27(15-16-30(29)43(36(37)46)26-11-5-4-6-12-26)42-31-14-8-10-24-9-7-13-28(33(24)31)35(42)45/h4-16,21-23,32,34,44H,17-20H2,1-3H3/t23-,32+,34-,37+/m0/s1. The molecule has 1 N–H and O–H groups in total. The van der Waals surface area contributed by atoms with Crippen LogP contribution < -0.4 is 9.80 Å². The first-order valence-electron chi connectivity index (χ1n) is 16.4. The maximum Gasteiger partial charge on any atom is 0.268 e. The van der Waals surface area contributed by atoms with Crippen LogP contribution in [-0.4, -0.2) is 53.0 Å². The number of ether oxygens (including phenoxy) is 1. The quantitative estimate of drug-likeness (QED) is 0.145. The van der Waals surface area contributed by atoms with Crippen LogP contribution in [0.5, 0.6) is 0 Å². The van der Waals surface area contributed by atoms with E-state index in [-0.39, 0.29) is 18.4 Å². The molecule has 4 atom stereocenters. The van der Waals surface area contributed by atoms with E-state index in [1.54, 1.807) is 33.8 Å². The summed E-state index contributed by atoms with van der Waals surface area (Å²) in [5.74, 6) is -0.898. The summed E-state index contributed by atoms with van der Waals surface area (Å²) >= 11 is 0. The third kappa shape index (κ3) is 4.48. The number of aliphatic hydroxyl groups is 1. The van der Waals surface area contributed by atoms with Crippen LogP contribution in [0.25, 0.3) is 10.8 Å². The van der Waals surface area contributed by atoms with Crippen LogP contribution in [0.2, 0.25) is 18.6 Å². The minimum Gasteiger partial charge on any atom is -0.396 e. The number of amides is 2. The van der Waals surface area contributed by atoms with Crippen molar-refractivity contribution in [1.29, 1.82) is 0 Å². The van der Waals surface area contributed by atoms with E-state index in [9.17, 15) is 14.7 Å². The lowest BCUT2D eigenvalue weighted by molar-refractivity contribution is -0.145. The summed E-state index contributed by atoms with van der Waals surface area (Å²) in [6.07, 6.45) is 2.03. The van der Waals surface area contributed by atoms with Crippen molar-refractivity contribution in [3.8, 4) is 0 Å². The molecule has 1 saturated heterocycles. The largest absolute Gasteiger partial charge is 0.396 e. The second-order valence-corrected chi connectivity index (χ2v) is 17.3. The second kappa shape index (κ2) is 11.2. The maximum atomic E-state index is 16.5. The van der Waals surface area contributed by atoms with E-state index < -0.39 is 31.6 Å². The van der Waals surface area contributed by atoms with Crippen molar-refractivity contribution in [2.75, 3.05) is 16.4 Å². The number of rotatable bonds is 8. The lowest BCUT2D eigenvalue weighted by atomic mass is 9.82. The van der Waals surface area contributed by atoms with Crippen molar-refractivity contribution < 1.29 is 23.5 Å². The molecule has 0 bridgehead atoms. The summed E-state index contributed by atoms with van der Waals surface area (Å²) in [4.78, 5) is 32.3. The van der Waals surface area contributed by atoms with Gasteiger partial charge in [0.1, 0.15) is 0 Å². The number of halogens is 1. The van der Waals surface area contributed by atoms with E-state index in [0.29, 0.717) is 53.3 Å². The fraction of sp³-hybridized carbons (Fsp3) is 0.297. The Labute approximate surface area is 278 Å². The van der Waals surface area contributed by atoms with E-state index in [1.807, 2.05) is 91.9 Å². The number of carbonyl (C=O) groups is 2. The molecule has 4 aromatic carbocycles. The average molecular weight is 662 g/mol. The highest BCUT2D eigenvalue weighted by Gasteiger charge is 2.67. The number of fused-ring (bicyclic) bond motifs is 2. The zero-order valence-electron chi connectivity index (χ0n) is 27.0. The minimum absolute atomic E-state index is 0.0279. The third-order valence-electron chi connectivity index (χ3n) is 10.3. The van der Waals surface area contributed by atoms with Gasteiger partial charge in [-0.3, -0.25) is 24.1 Å². The monoisotopic (exact) mass is 661 g/mol. The molecule has 4 heterocycles. The topological polar surface area (TPSA) is 101 Å². The number of aryl methyl sites for hydroxylation is 1. The van der Waals surface area contributed by atoms with Crippen molar-refractivity contribution >= 4 is 53.7 Å². The van der Waals surface area contributed by atoms with Crippen LogP contribution in [-0.2, 0) is 28.1 Å². The second-order valence-electron chi connectivity index (χ2n) is 13.5. The zero-order valence-corrected chi connectivity index (χ0v) is 28.0. The van der Waals surface area contributed by atoms with Crippen molar-refractivity contribution in [3.63, 3.8) is 0 Å². The molecule has 1 aromatic heterocycles. The Morgan fingerprint density at radius 1 is 0.938 bits per heavy atom. The first-order valence-corrected chi connectivity index (χ1v) is 19.4. The molecule has 5 aromatic rings. The summed E-state index contributed by atoms with van der Waals surface area (Å²) in [6, 6.07) is 26.7. The van der Waals surface area contributed by atoms with Crippen LogP contribution in [0.3, 0.4) is 0 Å². The van der Waals surface area contributed by atoms with Crippen molar-refractivity contribution in [2.45, 2.75) is 56.7 Å². The third-order valence-corrected chi connectivity index (χ3v) is 12.7. The number of benzene rings is 4. The molecule has 244 valence electrons. The Kier molecular flexibility index (Phi) is 7.13. The summed E-state index contributed by atoms with van der Waals surface area (Å²) in [5.41, 5.74) is 2.72. The van der Waals surface area contributed by atoms with Crippen LogP contribution in [0.1, 0.15) is 35.0 Å². The van der Waals surface area contributed by atoms with Crippen LogP contribution in [0, 0.1) is 5.92 Å². The highest BCUT2D eigenvalue weighted by molar-refractivity contribution is 6.72. The predicted octanol–water partition coefficient (Wildman–Crippen LogP) is 6.80. The maximum absolute atomic E-state index is 16.5. The fourth-order valence-electron chi connectivity index (χ4n) is 8.31. The molecule has 8 rings (SSSR count). The van der Waals surface area contributed by atoms with Crippen molar-refractivity contribution in [1.82, 2.24) is 15.0 Å². The van der Waals surface area contributed by atoms with Crippen LogP contribution in [0.15, 0.2) is 91.1 Å². The first-order chi connectivity index (χ1) is 23.1. The van der Waals surface area contributed by atoms with Gasteiger partial charge < -0.3 is 14.0 Å². The predicted molar refractivity (Wildman–Crippen MR) is 184 cm³/mol. The van der Waals surface area contributed by atoms with Crippen molar-refractivity contribution in [2.24, 2.45) is 5.92 Å². The number of aliphatic hydroxyl groups excluding tert-OH is 1. The number of anilines is 4. The average Bonchev–Trinajstić information content (AvgIpc) is 3.79. The molecule has 0 saturated carbocycles. The summed E-state index contributed by atoms with van der Waals surface area (Å²) in [5, 5.41) is 19.5. The van der Waals surface area contributed by atoms with Gasteiger partial charge in [0.15, 0.2) is 5.60 Å². The SMILES string of the molecule is C[C@H]1[C@H]([Si](C)(C)F)[C@@H](CCn2cc(CCO)nn2)O[C@]12C(=O)N(c1ccccc1)c1ccc(N3C(=O)c4cccc5cccc3c45)cc12. The van der Waals surface area contributed by atoms with E-state index >= 15 is 4.11 Å². The molecule has 48 heavy (non-hydrogen) atoms. The Morgan fingerprint density at radius 3 is 2.46 bits per heavy atom. The number of hydrogen-bond acceptors (Lipinski definition) is 6. The van der Waals surface area contributed by atoms with E-state index in [0.717, 1.165) is 16.5 Å². The molecule has 2 amide bonds. The molecule has 11 heteroatoms. The summed E-state index contributed by atoms with van der Waals surface area (Å²) in [6.45, 7) is 5.70. The number of hydrogen-bond donors (Lipinski definition) is 1. The molecule has 9 nitrogen and oxygen atoms in total. The smallest absolute Gasteiger partial charge is 0.268 e. The van der Waals surface area contributed by atoms with Gasteiger partial charge in [-0.25, -0.2) is 0 Å². The Bertz CT molecular complexity index is 2080. The van der Waals surface area contributed by atoms with E-state index in [1.165, 1.54) is 0 Å². The molecule has 3 aliphatic heterocycles. The lowest BCUT2D eigenvalue weighted by Gasteiger charge is -2.31. The normalized spacial score (nSPS) is 23.2. The number of nitrogens with zero attached hydrogens (tertiary/aromatic N) is 5.